The normalized spacial score (nSPS) is 17.3. The van der Waals surface area contributed by atoms with Gasteiger partial charge in [0.05, 0.1) is 5.57 Å². The van der Waals surface area contributed by atoms with Gasteiger partial charge >= 0.3 is 0 Å². The van der Waals surface area contributed by atoms with Crippen molar-refractivity contribution in [1.82, 2.24) is 0 Å². The van der Waals surface area contributed by atoms with Crippen LogP contribution in [0.25, 0.3) is 0 Å². The molecule has 0 radical (unpaired) electrons. The zero-order chi connectivity index (χ0) is 19.0. The second-order valence-electron chi connectivity index (χ2n) is 6.79. The molecule has 1 aliphatic heterocycles. The number of thiophene rings is 1. The molecule has 0 saturated heterocycles. The fraction of sp³-hybridized carbons (Fsp3) is 0.300. The van der Waals surface area contributed by atoms with Gasteiger partial charge in [-0.3, -0.25) is 14.5 Å². The Kier molecular flexibility index (Phi) is 4.87. The molecule has 3 rings (SSSR count). The number of nitrogens with zero attached hydrogens (tertiary/aromatic N) is 2. The third-order valence-corrected chi connectivity index (χ3v) is 5.38. The molecular weight excluding hydrogens is 348 g/mol. The Labute approximate surface area is 157 Å². The lowest BCUT2D eigenvalue weighted by Gasteiger charge is -2.26. The maximum Gasteiger partial charge on any atom is 0.294 e. The average molecular weight is 370 g/mol. The zero-order valence-corrected chi connectivity index (χ0v) is 16.1. The van der Waals surface area contributed by atoms with E-state index in [1.807, 2.05) is 60.8 Å². The van der Waals surface area contributed by atoms with Gasteiger partial charge in [0.15, 0.2) is 11.5 Å². The van der Waals surface area contributed by atoms with E-state index in [0.717, 1.165) is 10.6 Å². The number of hydrogen-bond donors (Lipinski definition) is 1. The van der Waals surface area contributed by atoms with Crippen LogP contribution in [0.4, 0.5) is 11.4 Å². The van der Waals surface area contributed by atoms with Crippen LogP contribution in [0.5, 0.6) is 0 Å². The molecule has 1 aromatic heterocycles. The minimum Gasteiger partial charge on any atom is -0.503 e. The van der Waals surface area contributed by atoms with Gasteiger partial charge < -0.3 is 10.0 Å². The van der Waals surface area contributed by atoms with Gasteiger partial charge in [-0.2, -0.15) is 0 Å². The largest absolute Gasteiger partial charge is 0.503 e. The van der Waals surface area contributed by atoms with Crippen LogP contribution in [0, 0.1) is 5.92 Å². The van der Waals surface area contributed by atoms with Crippen molar-refractivity contribution in [3.05, 3.63) is 58.0 Å². The summed E-state index contributed by atoms with van der Waals surface area (Å²) in [5.41, 5.74) is 1.84. The third-order valence-electron chi connectivity index (χ3n) is 4.45. The predicted octanol–water partition coefficient (Wildman–Crippen LogP) is 3.94. The molecule has 1 aliphatic rings. The smallest absolute Gasteiger partial charge is 0.294 e. The number of carbonyl (C=O) groups is 2. The lowest BCUT2D eigenvalue weighted by Crippen LogP contribution is -2.31. The highest BCUT2D eigenvalue weighted by molar-refractivity contribution is 7.10. The molecule has 1 unspecified atom stereocenters. The van der Waals surface area contributed by atoms with Crippen molar-refractivity contribution >= 4 is 34.4 Å². The summed E-state index contributed by atoms with van der Waals surface area (Å²) in [6.07, 6.45) is 0. The van der Waals surface area contributed by atoms with Crippen molar-refractivity contribution < 1.29 is 14.7 Å². The average Bonchev–Trinajstić information content (AvgIpc) is 3.22. The highest BCUT2D eigenvalue weighted by Crippen LogP contribution is 2.43. The summed E-state index contributed by atoms with van der Waals surface area (Å²) in [6.45, 7) is 3.54. The third kappa shape index (κ3) is 3.01. The standard InChI is InChI=1S/C20H22N2O3S/c1-12(2)18(23)16-17(15-6-5-11-26-15)22(20(25)19(16)24)14-9-7-13(8-10-14)21(3)4/h5-12,17,24H,1-4H3. The summed E-state index contributed by atoms with van der Waals surface area (Å²) in [4.78, 5) is 29.9. The van der Waals surface area contributed by atoms with Gasteiger partial charge in [-0.05, 0) is 35.7 Å². The molecule has 0 fully saturated rings. The van der Waals surface area contributed by atoms with Gasteiger partial charge in [-0.1, -0.05) is 19.9 Å². The van der Waals surface area contributed by atoms with E-state index in [0.29, 0.717) is 5.69 Å². The Balaban J connectivity index is 2.10. The van der Waals surface area contributed by atoms with Crippen molar-refractivity contribution in [1.29, 1.82) is 0 Å². The molecule has 0 spiro atoms. The summed E-state index contributed by atoms with van der Waals surface area (Å²) >= 11 is 1.46. The second-order valence-corrected chi connectivity index (χ2v) is 7.76. The van der Waals surface area contributed by atoms with Gasteiger partial charge in [0.25, 0.3) is 5.91 Å². The second kappa shape index (κ2) is 6.96. The number of benzene rings is 1. The van der Waals surface area contributed by atoms with Crippen LogP contribution in [-0.2, 0) is 9.59 Å². The van der Waals surface area contributed by atoms with Crippen molar-refractivity contribution in [2.45, 2.75) is 19.9 Å². The Morgan fingerprint density at radius 3 is 2.35 bits per heavy atom. The number of amides is 1. The first-order chi connectivity index (χ1) is 12.3. The molecule has 1 atom stereocenters. The minimum absolute atomic E-state index is 0.184. The van der Waals surface area contributed by atoms with Crippen molar-refractivity contribution in [2.24, 2.45) is 5.92 Å². The first-order valence-electron chi connectivity index (χ1n) is 8.44. The fourth-order valence-electron chi connectivity index (χ4n) is 3.06. The van der Waals surface area contributed by atoms with Gasteiger partial charge in [0.1, 0.15) is 6.04 Å². The Morgan fingerprint density at radius 1 is 1.19 bits per heavy atom. The quantitative estimate of drug-likeness (QED) is 0.866. The summed E-state index contributed by atoms with van der Waals surface area (Å²) < 4.78 is 0. The lowest BCUT2D eigenvalue weighted by molar-refractivity contribution is -0.119. The molecule has 6 heteroatoms. The maximum atomic E-state index is 12.8. The molecule has 0 aliphatic carbocycles. The van der Waals surface area contributed by atoms with Gasteiger partial charge in [-0.25, -0.2) is 0 Å². The molecule has 1 aromatic carbocycles. The number of hydrogen-bond acceptors (Lipinski definition) is 5. The Bertz CT molecular complexity index is 852. The minimum atomic E-state index is -0.595. The summed E-state index contributed by atoms with van der Waals surface area (Å²) in [7, 11) is 3.88. The summed E-state index contributed by atoms with van der Waals surface area (Å²) in [5.74, 6) is -1.50. The number of aliphatic hydroxyl groups excluding tert-OH is 1. The molecule has 1 amide bonds. The molecule has 5 nitrogen and oxygen atoms in total. The fourth-order valence-corrected chi connectivity index (χ4v) is 3.89. The van der Waals surface area contributed by atoms with Crippen LogP contribution in [0.3, 0.4) is 0 Å². The van der Waals surface area contributed by atoms with Crippen LogP contribution in [0.1, 0.15) is 24.8 Å². The Morgan fingerprint density at radius 2 is 1.85 bits per heavy atom. The van der Waals surface area contributed by atoms with Crippen molar-refractivity contribution in [2.75, 3.05) is 23.9 Å². The topological polar surface area (TPSA) is 60.9 Å². The molecule has 2 aromatic rings. The molecule has 0 saturated carbocycles. The first-order valence-corrected chi connectivity index (χ1v) is 9.32. The van der Waals surface area contributed by atoms with Crippen LogP contribution < -0.4 is 9.80 Å². The van der Waals surface area contributed by atoms with Crippen LogP contribution in [0.15, 0.2) is 53.1 Å². The predicted molar refractivity (Wildman–Crippen MR) is 105 cm³/mol. The van der Waals surface area contributed by atoms with Gasteiger partial charge in [0, 0.05) is 36.3 Å². The number of Topliss-reactive ketones (excluding diaryl/α,β-unsaturated/α-hetero) is 1. The van der Waals surface area contributed by atoms with E-state index < -0.39 is 17.7 Å². The molecule has 26 heavy (non-hydrogen) atoms. The van der Waals surface area contributed by atoms with Crippen LogP contribution in [0.2, 0.25) is 0 Å². The highest BCUT2D eigenvalue weighted by atomic mass is 32.1. The highest BCUT2D eigenvalue weighted by Gasteiger charge is 2.45. The molecule has 0 bridgehead atoms. The number of aliphatic hydroxyl groups is 1. The number of rotatable bonds is 5. The van der Waals surface area contributed by atoms with Crippen LogP contribution >= 0.6 is 11.3 Å². The van der Waals surface area contributed by atoms with E-state index in [1.54, 1.807) is 13.8 Å². The number of ketones is 1. The zero-order valence-electron chi connectivity index (χ0n) is 15.3. The summed E-state index contributed by atoms with van der Waals surface area (Å²) in [6, 6.07) is 10.7. The van der Waals surface area contributed by atoms with E-state index in [4.69, 9.17) is 0 Å². The summed E-state index contributed by atoms with van der Waals surface area (Å²) in [5, 5.41) is 12.4. The first kappa shape index (κ1) is 18.2. The van der Waals surface area contributed by atoms with Crippen molar-refractivity contribution in [3.63, 3.8) is 0 Å². The van der Waals surface area contributed by atoms with E-state index in [1.165, 1.54) is 16.2 Å². The molecule has 1 N–H and O–H groups in total. The van der Waals surface area contributed by atoms with E-state index in [-0.39, 0.29) is 17.3 Å². The monoisotopic (exact) mass is 370 g/mol. The van der Waals surface area contributed by atoms with Gasteiger partial charge in [-0.15, -0.1) is 11.3 Å². The van der Waals surface area contributed by atoms with Crippen molar-refractivity contribution in [3.8, 4) is 0 Å². The molecule has 136 valence electrons. The SMILES string of the molecule is CC(C)C(=O)C1=C(O)C(=O)N(c2ccc(N(C)C)cc2)C1c1cccs1. The molecular formula is C20H22N2O3S. The maximum absolute atomic E-state index is 12.8. The van der Waals surface area contributed by atoms with Crippen LogP contribution in [-0.4, -0.2) is 30.9 Å². The Hall–Kier alpha value is -2.60. The van der Waals surface area contributed by atoms with E-state index >= 15 is 0 Å². The van der Waals surface area contributed by atoms with Gasteiger partial charge in [0.2, 0.25) is 0 Å². The number of carbonyl (C=O) groups excluding carboxylic acids is 2. The number of anilines is 2. The van der Waals surface area contributed by atoms with E-state index in [9.17, 15) is 14.7 Å². The lowest BCUT2D eigenvalue weighted by atomic mass is 9.94. The molecule has 2 heterocycles. The van der Waals surface area contributed by atoms with E-state index in [2.05, 4.69) is 0 Å².